The minimum Gasteiger partial charge on any atom is -0.351 e. The van der Waals surface area contributed by atoms with Gasteiger partial charge in [0.2, 0.25) is 0 Å². The first-order chi connectivity index (χ1) is 9.32. The van der Waals surface area contributed by atoms with Crippen molar-refractivity contribution in [2.24, 2.45) is 5.41 Å². The number of thiocarbonyl (C=S) groups is 1. The van der Waals surface area contributed by atoms with Crippen LogP contribution in [0.4, 0.5) is 4.39 Å². The van der Waals surface area contributed by atoms with Crippen LogP contribution in [0.5, 0.6) is 0 Å². The number of halogens is 1. The maximum atomic E-state index is 13.0. The van der Waals surface area contributed by atoms with E-state index in [-0.39, 0.29) is 17.3 Å². The number of nitrogens with one attached hydrogen (secondary N) is 2. The van der Waals surface area contributed by atoms with Crippen molar-refractivity contribution in [2.75, 3.05) is 0 Å². The highest BCUT2D eigenvalue weighted by Gasteiger charge is 2.32. The predicted octanol–water partition coefficient (Wildman–Crippen LogP) is 3.17. The van der Waals surface area contributed by atoms with Gasteiger partial charge in [-0.1, -0.05) is 32.9 Å². The SMILES string of the molecule is CC(C)(C)C1=C(C#N)[C@H](c2ccc(F)cc2)NC(=S)N1. The van der Waals surface area contributed by atoms with E-state index in [9.17, 15) is 9.65 Å². The van der Waals surface area contributed by atoms with Crippen molar-refractivity contribution in [3.63, 3.8) is 0 Å². The van der Waals surface area contributed by atoms with Gasteiger partial charge in [-0.15, -0.1) is 0 Å². The van der Waals surface area contributed by atoms with Gasteiger partial charge in [-0.25, -0.2) is 4.39 Å². The fraction of sp³-hybridized carbons (Fsp3) is 0.333. The number of rotatable bonds is 1. The van der Waals surface area contributed by atoms with Crippen LogP contribution < -0.4 is 10.6 Å². The lowest BCUT2D eigenvalue weighted by Gasteiger charge is -2.34. The highest BCUT2D eigenvalue weighted by atomic mass is 32.1. The molecule has 0 unspecified atom stereocenters. The number of nitrogens with zero attached hydrogens (tertiary/aromatic N) is 1. The summed E-state index contributed by atoms with van der Waals surface area (Å²) in [5.41, 5.74) is 1.97. The molecule has 20 heavy (non-hydrogen) atoms. The van der Waals surface area contributed by atoms with E-state index in [4.69, 9.17) is 12.2 Å². The van der Waals surface area contributed by atoms with Gasteiger partial charge in [0.15, 0.2) is 5.11 Å². The Bertz CT molecular complexity index is 605. The lowest BCUT2D eigenvalue weighted by atomic mass is 9.84. The van der Waals surface area contributed by atoms with Gasteiger partial charge in [-0.2, -0.15) is 5.26 Å². The van der Waals surface area contributed by atoms with Gasteiger partial charge in [-0.3, -0.25) is 0 Å². The number of benzene rings is 1. The molecule has 0 saturated heterocycles. The summed E-state index contributed by atoms with van der Waals surface area (Å²) in [7, 11) is 0. The van der Waals surface area contributed by atoms with Crippen LogP contribution in [0.15, 0.2) is 35.5 Å². The molecule has 104 valence electrons. The number of nitriles is 1. The molecule has 1 aliphatic heterocycles. The van der Waals surface area contributed by atoms with Gasteiger partial charge in [-0.05, 0) is 29.9 Å². The predicted molar refractivity (Wildman–Crippen MR) is 80.1 cm³/mol. The van der Waals surface area contributed by atoms with Crippen molar-refractivity contribution in [3.05, 3.63) is 46.9 Å². The first kappa shape index (κ1) is 14.5. The normalized spacial score (nSPS) is 19.1. The molecule has 1 aliphatic rings. The molecular formula is C15H16FN3S. The maximum absolute atomic E-state index is 13.0. The smallest absolute Gasteiger partial charge is 0.171 e. The summed E-state index contributed by atoms with van der Waals surface area (Å²) in [6.45, 7) is 6.05. The van der Waals surface area contributed by atoms with Crippen molar-refractivity contribution in [3.8, 4) is 6.07 Å². The molecule has 0 fully saturated rings. The molecule has 2 rings (SSSR count). The summed E-state index contributed by atoms with van der Waals surface area (Å²) >= 11 is 5.22. The van der Waals surface area contributed by atoms with E-state index in [2.05, 4.69) is 16.7 Å². The van der Waals surface area contributed by atoms with Crippen LogP contribution in [0.3, 0.4) is 0 Å². The minimum atomic E-state index is -0.344. The van der Waals surface area contributed by atoms with E-state index in [0.717, 1.165) is 11.3 Å². The zero-order valence-electron chi connectivity index (χ0n) is 11.6. The molecule has 0 amide bonds. The molecule has 0 saturated carbocycles. The average Bonchev–Trinajstić information content (AvgIpc) is 2.37. The molecule has 0 bridgehead atoms. The van der Waals surface area contributed by atoms with Gasteiger partial charge < -0.3 is 10.6 Å². The van der Waals surface area contributed by atoms with Gasteiger partial charge in [0.1, 0.15) is 5.82 Å². The summed E-state index contributed by atoms with van der Waals surface area (Å²) < 4.78 is 13.0. The lowest BCUT2D eigenvalue weighted by Crippen LogP contribution is -2.46. The fourth-order valence-electron chi connectivity index (χ4n) is 2.18. The van der Waals surface area contributed by atoms with Crippen LogP contribution in [-0.4, -0.2) is 5.11 Å². The summed E-state index contributed by atoms with van der Waals surface area (Å²) in [6, 6.07) is 8.00. The Balaban J connectivity index is 2.54. The van der Waals surface area contributed by atoms with Crippen LogP contribution >= 0.6 is 12.2 Å². The van der Waals surface area contributed by atoms with Crippen LogP contribution in [0, 0.1) is 22.6 Å². The summed E-state index contributed by atoms with van der Waals surface area (Å²) in [6.07, 6.45) is 0. The number of allylic oxidation sites excluding steroid dienone is 1. The Morgan fingerprint density at radius 1 is 1.25 bits per heavy atom. The lowest BCUT2D eigenvalue weighted by molar-refractivity contribution is 0.462. The standard InChI is InChI=1S/C15H16FN3S/c1-15(2,3)13-11(8-17)12(18-14(20)19-13)9-4-6-10(16)7-5-9/h4-7,12H,1-3H3,(H2,18,19,20)/t12-/m0/s1. The molecule has 1 aromatic carbocycles. The van der Waals surface area contributed by atoms with Crippen molar-refractivity contribution >= 4 is 17.3 Å². The molecule has 0 aromatic heterocycles. The first-order valence-corrected chi connectivity index (χ1v) is 6.71. The van der Waals surface area contributed by atoms with E-state index in [1.165, 1.54) is 12.1 Å². The van der Waals surface area contributed by atoms with E-state index in [1.54, 1.807) is 12.1 Å². The second-order valence-corrected chi connectivity index (χ2v) is 6.14. The Morgan fingerprint density at radius 3 is 2.35 bits per heavy atom. The van der Waals surface area contributed by atoms with Crippen molar-refractivity contribution in [1.29, 1.82) is 5.26 Å². The maximum Gasteiger partial charge on any atom is 0.171 e. The van der Waals surface area contributed by atoms with Gasteiger partial charge in [0.25, 0.3) is 0 Å². The topological polar surface area (TPSA) is 47.9 Å². The highest BCUT2D eigenvalue weighted by Crippen LogP contribution is 2.34. The summed E-state index contributed by atoms with van der Waals surface area (Å²) in [5, 5.41) is 16.1. The average molecular weight is 289 g/mol. The second kappa shape index (κ2) is 5.22. The van der Waals surface area contributed by atoms with Gasteiger partial charge in [0, 0.05) is 11.1 Å². The zero-order chi connectivity index (χ0) is 14.9. The van der Waals surface area contributed by atoms with Crippen molar-refractivity contribution in [2.45, 2.75) is 26.8 Å². The molecule has 3 nitrogen and oxygen atoms in total. The highest BCUT2D eigenvalue weighted by molar-refractivity contribution is 7.80. The van der Waals surface area contributed by atoms with Gasteiger partial charge in [0.05, 0.1) is 17.7 Å². The van der Waals surface area contributed by atoms with Crippen molar-refractivity contribution in [1.82, 2.24) is 10.6 Å². The van der Waals surface area contributed by atoms with E-state index < -0.39 is 0 Å². The molecule has 0 spiro atoms. The largest absolute Gasteiger partial charge is 0.351 e. The third-order valence-electron chi connectivity index (χ3n) is 3.15. The quantitative estimate of drug-likeness (QED) is 0.780. The number of hydrogen-bond donors (Lipinski definition) is 2. The third kappa shape index (κ3) is 2.81. The second-order valence-electron chi connectivity index (χ2n) is 5.73. The molecular weight excluding hydrogens is 273 g/mol. The Morgan fingerprint density at radius 2 is 1.85 bits per heavy atom. The third-order valence-corrected chi connectivity index (χ3v) is 3.37. The molecule has 1 heterocycles. The first-order valence-electron chi connectivity index (χ1n) is 6.30. The van der Waals surface area contributed by atoms with E-state index in [1.807, 2.05) is 20.8 Å². The van der Waals surface area contributed by atoms with E-state index in [0.29, 0.717) is 10.7 Å². The molecule has 2 N–H and O–H groups in total. The molecule has 1 atom stereocenters. The van der Waals surface area contributed by atoms with Crippen LogP contribution in [-0.2, 0) is 0 Å². The van der Waals surface area contributed by atoms with Crippen LogP contribution in [0.2, 0.25) is 0 Å². The molecule has 0 radical (unpaired) electrons. The Hall–Kier alpha value is -1.93. The van der Waals surface area contributed by atoms with Crippen LogP contribution in [0.1, 0.15) is 32.4 Å². The van der Waals surface area contributed by atoms with Crippen molar-refractivity contribution < 1.29 is 4.39 Å². The number of hydrogen-bond acceptors (Lipinski definition) is 2. The monoisotopic (exact) mass is 289 g/mol. The molecule has 5 heteroatoms. The summed E-state index contributed by atoms with van der Waals surface area (Å²) in [5.74, 6) is -0.302. The Labute approximate surface area is 123 Å². The van der Waals surface area contributed by atoms with Gasteiger partial charge >= 0.3 is 0 Å². The van der Waals surface area contributed by atoms with E-state index >= 15 is 0 Å². The van der Waals surface area contributed by atoms with Crippen LogP contribution in [0.25, 0.3) is 0 Å². The minimum absolute atomic E-state index is 0.227. The molecule has 1 aromatic rings. The molecule has 0 aliphatic carbocycles. The summed E-state index contributed by atoms with van der Waals surface area (Å²) in [4.78, 5) is 0. The Kier molecular flexibility index (Phi) is 3.78. The zero-order valence-corrected chi connectivity index (χ0v) is 12.4. The fourth-order valence-corrected chi connectivity index (χ4v) is 2.40.